The van der Waals surface area contributed by atoms with Crippen molar-refractivity contribution in [3.05, 3.63) is 11.6 Å². The molecule has 0 spiro atoms. The Labute approximate surface area is 95.5 Å². The molecule has 1 fully saturated rings. The van der Waals surface area contributed by atoms with Crippen LogP contribution in [-0.4, -0.2) is 38.7 Å². The number of carbonyl (C=O) groups excluding carboxylic acids is 1. The Balaban J connectivity index is 1.98. The number of carbonyl (C=O) groups is 1. The van der Waals surface area contributed by atoms with Crippen molar-refractivity contribution in [2.24, 2.45) is 0 Å². The van der Waals surface area contributed by atoms with Gasteiger partial charge in [0.25, 0.3) is 0 Å². The van der Waals surface area contributed by atoms with E-state index in [2.05, 4.69) is 10.1 Å². The molecule has 0 atom stereocenters. The second kappa shape index (κ2) is 4.63. The molecular formula is C11H18N4O. The van der Waals surface area contributed by atoms with Gasteiger partial charge in [0, 0.05) is 13.1 Å². The predicted molar refractivity (Wildman–Crippen MR) is 59.9 cm³/mol. The van der Waals surface area contributed by atoms with Crippen LogP contribution in [0.2, 0.25) is 0 Å². The average molecular weight is 222 g/mol. The van der Waals surface area contributed by atoms with Gasteiger partial charge in [-0.2, -0.15) is 5.10 Å². The summed E-state index contributed by atoms with van der Waals surface area (Å²) in [7, 11) is 0. The summed E-state index contributed by atoms with van der Waals surface area (Å²) in [5.41, 5.74) is 0. The molecule has 0 unspecified atom stereocenters. The van der Waals surface area contributed by atoms with Crippen LogP contribution >= 0.6 is 0 Å². The van der Waals surface area contributed by atoms with Gasteiger partial charge in [-0.1, -0.05) is 0 Å². The third kappa shape index (κ3) is 2.40. The third-order valence-electron chi connectivity index (χ3n) is 2.96. The molecule has 5 nitrogen and oxygen atoms in total. The summed E-state index contributed by atoms with van der Waals surface area (Å²) >= 11 is 0. The molecule has 1 aromatic heterocycles. The normalized spacial score (nSPS) is 16.5. The number of likely N-dealkylation sites (tertiary alicyclic amines) is 1. The van der Waals surface area contributed by atoms with Gasteiger partial charge in [-0.05, 0) is 33.1 Å². The van der Waals surface area contributed by atoms with Crippen molar-refractivity contribution in [3.63, 3.8) is 0 Å². The van der Waals surface area contributed by atoms with Gasteiger partial charge in [-0.25, -0.2) is 9.67 Å². The van der Waals surface area contributed by atoms with Crippen molar-refractivity contribution in [3.8, 4) is 0 Å². The van der Waals surface area contributed by atoms with Crippen molar-refractivity contribution < 1.29 is 4.79 Å². The van der Waals surface area contributed by atoms with Gasteiger partial charge >= 0.3 is 0 Å². The summed E-state index contributed by atoms with van der Waals surface area (Å²) in [6, 6.07) is 0. The number of nitrogens with zero attached hydrogens (tertiary/aromatic N) is 4. The Morgan fingerprint density at radius 1 is 1.25 bits per heavy atom. The van der Waals surface area contributed by atoms with Gasteiger partial charge in [0.1, 0.15) is 18.2 Å². The third-order valence-corrected chi connectivity index (χ3v) is 2.96. The number of piperidine rings is 1. The van der Waals surface area contributed by atoms with E-state index in [0.29, 0.717) is 6.54 Å². The molecule has 2 heterocycles. The second-order valence-corrected chi connectivity index (χ2v) is 4.31. The lowest BCUT2D eigenvalue weighted by molar-refractivity contribution is -0.132. The number of aromatic nitrogens is 3. The fraction of sp³-hybridized carbons (Fsp3) is 0.727. The van der Waals surface area contributed by atoms with Gasteiger partial charge in [-0.15, -0.1) is 0 Å². The van der Waals surface area contributed by atoms with Crippen molar-refractivity contribution >= 4 is 5.91 Å². The van der Waals surface area contributed by atoms with Crippen LogP contribution < -0.4 is 0 Å². The van der Waals surface area contributed by atoms with E-state index in [4.69, 9.17) is 0 Å². The maximum absolute atomic E-state index is 12.0. The van der Waals surface area contributed by atoms with Gasteiger partial charge < -0.3 is 4.90 Å². The summed E-state index contributed by atoms with van der Waals surface area (Å²) in [4.78, 5) is 18.1. The van der Waals surface area contributed by atoms with Crippen LogP contribution in [0.25, 0.3) is 0 Å². The first kappa shape index (κ1) is 11.1. The number of rotatable bonds is 2. The van der Waals surface area contributed by atoms with E-state index in [1.807, 2.05) is 18.7 Å². The number of hydrogen-bond acceptors (Lipinski definition) is 3. The summed E-state index contributed by atoms with van der Waals surface area (Å²) in [5, 5.41) is 4.20. The fourth-order valence-corrected chi connectivity index (χ4v) is 2.08. The SMILES string of the molecule is Cc1nc(C)n(CC(=O)N2CCCCC2)n1. The Hall–Kier alpha value is -1.39. The summed E-state index contributed by atoms with van der Waals surface area (Å²) in [6.45, 7) is 5.84. The van der Waals surface area contributed by atoms with Gasteiger partial charge in [0.2, 0.25) is 5.91 Å². The number of amides is 1. The van der Waals surface area contributed by atoms with Gasteiger partial charge in [-0.3, -0.25) is 4.79 Å². The molecule has 0 saturated carbocycles. The predicted octanol–water partition coefficient (Wildman–Crippen LogP) is 0.907. The molecule has 0 bridgehead atoms. The van der Waals surface area contributed by atoms with Gasteiger partial charge in [0.05, 0.1) is 0 Å². The molecule has 16 heavy (non-hydrogen) atoms. The second-order valence-electron chi connectivity index (χ2n) is 4.31. The molecule has 88 valence electrons. The van der Waals surface area contributed by atoms with E-state index in [9.17, 15) is 4.79 Å². The Morgan fingerprint density at radius 3 is 2.50 bits per heavy atom. The largest absolute Gasteiger partial charge is 0.341 e. The van der Waals surface area contributed by atoms with E-state index in [1.54, 1.807) is 4.68 Å². The Morgan fingerprint density at radius 2 is 1.94 bits per heavy atom. The lowest BCUT2D eigenvalue weighted by Gasteiger charge is -2.26. The first-order valence-corrected chi connectivity index (χ1v) is 5.82. The zero-order chi connectivity index (χ0) is 11.5. The molecule has 1 aromatic rings. The molecule has 0 aliphatic carbocycles. The summed E-state index contributed by atoms with van der Waals surface area (Å²) in [5.74, 6) is 1.69. The minimum atomic E-state index is 0.160. The highest BCUT2D eigenvalue weighted by Crippen LogP contribution is 2.09. The van der Waals surface area contributed by atoms with Crippen molar-refractivity contribution in [2.75, 3.05) is 13.1 Å². The number of hydrogen-bond donors (Lipinski definition) is 0. The standard InChI is InChI=1S/C11H18N4O/c1-9-12-10(2)15(13-9)8-11(16)14-6-4-3-5-7-14/h3-8H2,1-2H3. The molecule has 0 aromatic carbocycles. The highest BCUT2D eigenvalue weighted by molar-refractivity contribution is 5.76. The molecule has 1 aliphatic rings. The van der Waals surface area contributed by atoms with Crippen molar-refractivity contribution in [1.82, 2.24) is 19.7 Å². The smallest absolute Gasteiger partial charge is 0.244 e. The minimum absolute atomic E-state index is 0.160. The van der Waals surface area contributed by atoms with Crippen LogP contribution in [0.5, 0.6) is 0 Å². The van der Waals surface area contributed by atoms with Crippen LogP contribution in [0, 0.1) is 13.8 Å². The summed E-state index contributed by atoms with van der Waals surface area (Å²) < 4.78 is 1.69. The molecule has 2 rings (SSSR count). The fourth-order valence-electron chi connectivity index (χ4n) is 2.08. The van der Waals surface area contributed by atoms with Gasteiger partial charge in [0.15, 0.2) is 0 Å². The highest BCUT2D eigenvalue weighted by Gasteiger charge is 2.17. The van der Waals surface area contributed by atoms with E-state index >= 15 is 0 Å². The molecule has 1 amide bonds. The number of aryl methyl sites for hydroxylation is 2. The zero-order valence-corrected chi connectivity index (χ0v) is 9.94. The molecule has 0 N–H and O–H groups in total. The molecule has 0 radical (unpaired) electrons. The maximum Gasteiger partial charge on any atom is 0.244 e. The molecular weight excluding hydrogens is 204 g/mol. The summed E-state index contributed by atoms with van der Waals surface area (Å²) in [6.07, 6.45) is 3.49. The Bertz CT molecular complexity index is 379. The molecule has 5 heteroatoms. The average Bonchev–Trinajstić information content (AvgIpc) is 2.59. The van der Waals surface area contributed by atoms with Crippen LogP contribution in [0.3, 0.4) is 0 Å². The quantitative estimate of drug-likeness (QED) is 0.747. The molecule has 1 aliphatic heterocycles. The lowest BCUT2D eigenvalue weighted by Crippen LogP contribution is -2.38. The highest BCUT2D eigenvalue weighted by atomic mass is 16.2. The van der Waals surface area contributed by atoms with Crippen LogP contribution in [0.1, 0.15) is 30.9 Å². The first-order chi connectivity index (χ1) is 7.66. The monoisotopic (exact) mass is 222 g/mol. The first-order valence-electron chi connectivity index (χ1n) is 5.82. The minimum Gasteiger partial charge on any atom is -0.341 e. The zero-order valence-electron chi connectivity index (χ0n) is 9.94. The van der Waals surface area contributed by atoms with E-state index in [1.165, 1.54) is 6.42 Å². The van der Waals surface area contributed by atoms with Crippen LogP contribution in [0.4, 0.5) is 0 Å². The van der Waals surface area contributed by atoms with E-state index < -0.39 is 0 Å². The lowest BCUT2D eigenvalue weighted by atomic mass is 10.1. The maximum atomic E-state index is 12.0. The van der Waals surface area contributed by atoms with Crippen molar-refractivity contribution in [2.45, 2.75) is 39.7 Å². The van der Waals surface area contributed by atoms with E-state index in [-0.39, 0.29) is 5.91 Å². The van der Waals surface area contributed by atoms with Crippen LogP contribution in [-0.2, 0) is 11.3 Å². The topological polar surface area (TPSA) is 51.0 Å². The van der Waals surface area contributed by atoms with Crippen molar-refractivity contribution in [1.29, 1.82) is 0 Å². The Kier molecular flexibility index (Phi) is 3.22. The molecule has 1 saturated heterocycles. The van der Waals surface area contributed by atoms with Crippen LogP contribution in [0.15, 0.2) is 0 Å². The van der Waals surface area contributed by atoms with E-state index in [0.717, 1.165) is 37.6 Å².